The third-order valence-corrected chi connectivity index (χ3v) is 5.94. The molecule has 1 fully saturated rings. The molecule has 1 aromatic heterocycles. The van der Waals surface area contributed by atoms with Crippen molar-refractivity contribution in [1.29, 1.82) is 0 Å². The van der Waals surface area contributed by atoms with Gasteiger partial charge in [-0.25, -0.2) is 0 Å². The molecule has 6 nitrogen and oxygen atoms in total. The number of rotatable bonds is 5. The Balaban J connectivity index is 1.94. The van der Waals surface area contributed by atoms with E-state index >= 15 is 0 Å². The average molecular weight is 483 g/mol. The second-order valence-electron chi connectivity index (χ2n) is 7.67. The SMILES string of the molecule is COc1c(Cl)cc(Cl)cc1/C(O)=C1\C(=O)C(=O)N(Cc2cccnc2)C1c1cccc(C)c1. The maximum absolute atomic E-state index is 13.2. The molecule has 1 aliphatic rings. The molecular weight excluding hydrogens is 463 g/mol. The lowest BCUT2D eigenvalue weighted by Crippen LogP contribution is -2.29. The highest BCUT2D eigenvalue weighted by molar-refractivity contribution is 6.46. The van der Waals surface area contributed by atoms with Crippen molar-refractivity contribution in [3.8, 4) is 5.75 Å². The monoisotopic (exact) mass is 482 g/mol. The number of carbonyl (C=O) groups is 2. The lowest BCUT2D eigenvalue weighted by molar-refractivity contribution is -0.140. The van der Waals surface area contributed by atoms with E-state index in [1.54, 1.807) is 18.5 Å². The highest BCUT2D eigenvalue weighted by atomic mass is 35.5. The minimum atomic E-state index is -0.826. The van der Waals surface area contributed by atoms with E-state index in [-0.39, 0.29) is 33.5 Å². The van der Waals surface area contributed by atoms with Gasteiger partial charge in [0, 0.05) is 24.0 Å². The van der Waals surface area contributed by atoms with E-state index in [2.05, 4.69) is 4.98 Å². The molecule has 1 N–H and O–H groups in total. The van der Waals surface area contributed by atoms with Crippen LogP contribution in [0.25, 0.3) is 5.76 Å². The topological polar surface area (TPSA) is 79.7 Å². The number of aromatic nitrogens is 1. The number of aliphatic hydroxyl groups excluding tert-OH is 1. The van der Waals surface area contributed by atoms with Gasteiger partial charge in [-0.2, -0.15) is 0 Å². The molecule has 0 spiro atoms. The number of benzene rings is 2. The average Bonchev–Trinajstić information content (AvgIpc) is 3.04. The summed E-state index contributed by atoms with van der Waals surface area (Å²) in [5.41, 5.74) is 2.45. The fourth-order valence-corrected chi connectivity index (χ4v) is 4.58. The maximum atomic E-state index is 13.2. The number of amides is 1. The fraction of sp³-hybridized carbons (Fsp3) is 0.160. The van der Waals surface area contributed by atoms with Crippen LogP contribution >= 0.6 is 23.2 Å². The summed E-state index contributed by atoms with van der Waals surface area (Å²) in [6.07, 6.45) is 3.26. The zero-order valence-corrected chi connectivity index (χ0v) is 19.4. The summed E-state index contributed by atoms with van der Waals surface area (Å²) >= 11 is 12.4. The van der Waals surface area contributed by atoms with E-state index in [4.69, 9.17) is 27.9 Å². The highest BCUT2D eigenvalue weighted by Gasteiger charge is 2.46. The summed E-state index contributed by atoms with van der Waals surface area (Å²) in [4.78, 5) is 31.9. The Kier molecular flexibility index (Phi) is 6.40. The number of hydrogen-bond acceptors (Lipinski definition) is 5. The molecule has 2 heterocycles. The van der Waals surface area contributed by atoms with Gasteiger partial charge in [0.05, 0.1) is 29.3 Å². The summed E-state index contributed by atoms with van der Waals surface area (Å²) < 4.78 is 5.35. The fourth-order valence-electron chi connectivity index (χ4n) is 4.01. The van der Waals surface area contributed by atoms with Crippen molar-refractivity contribution in [2.45, 2.75) is 19.5 Å². The molecule has 2 aromatic carbocycles. The Morgan fingerprint density at radius 3 is 2.61 bits per heavy atom. The summed E-state index contributed by atoms with van der Waals surface area (Å²) in [5.74, 6) is -1.78. The second-order valence-corrected chi connectivity index (χ2v) is 8.51. The summed E-state index contributed by atoms with van der Waals surface area (Å²) in [5, 5.41) is 11.7. The quantitative estimate of drug-likeness (QED) is 0.302. The first kappa shape index (κ1) is 22.8. The lowest BCUT2D eigenvalue weighted by Gasteiger charge is -2.25. The van der Waals surface area contributed by atoms with Crippen LogP contribution in [0.1, 0.15) is 28.3 Å². The number of carbonyl (C=O) groups excluding carboxylic acids is 2. The van der Waals surface area contributed by atoms with Crippen molar-refractivity contribution in [3.63, 3.8) is 0 Å². The van der Waals surface area contributed by atoms with Crippen molar-refractivity contribution in [2.75, 3.05) is 7.11 Å². The number of Topliss-reactive ketones (excluding diaryl/α,β-unsaturated/α-hetero) is 1. The van der Waals surface area contributed by atoms with Gasteiger partial charge in [0.2, 0.25) is 0 Å². The first-order chi connectivity index (χ1) is 15.8. The number of nitrogens with zero attached hydrogens (tertiary/aromatic N) is 2. The van der Waals surface area contributed by atoms with Gasteiger partial charge < -0.3 is 14.7 Å². The van der Waals surface area contributed by atoms with E-state index in [0.717, 1.165) is 11.1 Å². The number of likely N-dealkylation sites (tertiary alicyclic amines) is 1. The smallest absolute Gasteiger partial charge is 0.295 e. The number of aliphatic hydroxyl groups is 1. The number of methoxy groups -OCH3 is 1. The number of ether oxygens (including phenoxy) is 1. The van der Waals surface area contributed by atoms with Crippen LogP contribution in [0.3, 0.4) is 0 Å². The maximum Gasteiger partial charge on any atom is 0.295 e. The van der Waals surface area contributed by atoms with Crippen LogP contribution in [0.15, 0.2) is 66.5 Å². The summed E-state index contributed by atoms with van der Waals surface area (Å²) in [6.45, 7) is 2.05. The molecule has 8 heteroatoms. The largest absolute Gasteiger partial charge is 0.507 e. The third kappa shape index (κ3) is 4.32. The molecule has 168 valence electrons. The summed E-state index contributed by atoms with van der Waals surface area (Å²) in [7, 11) is 1.39. The zero-order chi connectivity index (χ0) is 23.7. The molecule has 4 rings (SSSR count). The Morgan fingerprint density at radius 1 is 1.15 bits per heavy atom. The molecule has 0 radical (unpaired) electrons. The minimum Gasteiger partial charge on any atom is -0.507 e. The Labute approximate surface area is 201 Å². The molecule has 33 heavy (non-hydrogen) atoms. The molecule has 1 atom stereocenters. The van der Waals surface area contributed by atoms with E-state index in [9.17, 15) is 14.7 Å². The van der Waals surface area contributed by atoms with Crippen LogP contribution in [0, 0.1) is 6.92 Å². The molecule has 1 amide bonds. The Morgan fingerprint density at radius 2 is 1.94 bits per heavy atom. The van der Waals surface area contributed by atoms with E-state index in [0.29, 0.717) is 5.56 Å². The van der Waals surface area contributed by atoms with Crippen molar-refractivity contribution in [1.82, 2.24) is 9.88 Å². The van der Waals surface area contributed by atoms with Crippen LogP contribution < -0.4 is 4.74 Å². The zero-order valence-electron chi connectivity index (χ0n) is 17.9. The third-order valence-electron chi connectivity index (χ3n) is 5.44. The van der Waals surface area contributed by atoms with Crippen molar-refractivity contribution in [2.24, 2.45) is 0 Å². The van der Waals surface area contributed by atoms with Gasteiger partial charge in [0.1, 0.15) is 11.5 Å². The number of halogens is 2. The van der Waals surface area contributed by atoms with Crippen molar-refractivity contribution < 1.29 is 19.4 Å². The molecule has 0 bridgehead atoms. The highest BCUT2D eigenvalue weighted by Crippen LogP contribution is 2.43. The van der Waals surface area contributed by atoms with Crippen LogP contribution in [0.2, 0.25) is 10.0 Å². The van der Waals surface area contributed by atoms with Crippen LogP contribution in [0.4, 0.5) is 0 Å². The molecule has 1 unspecified atom stereocenters. The molecule has 1 aliphatic heterocycles. The molecule has 0 aliphatic carbocycles. The number of pyridine rings is 1. The van der Waals surface area contributed by atoms with Gasteiger partial charge in [-0.1, -0.05) is 59.1 Å². The van der Waals surface area contributed by atoms with E-state index in [1.165, 1.54) is 24.1 Å². The van der Waals surface area contributed by atoms with Crippen molar-refractivity contribution in [3.05, 3.63) is 98.8 Å². The van der Waals surface area contributed by atoms with Crippen LogP contribution in [-0.4, -0.2) is 33.8 Å². The number of ketones is 1. The lowest BCUT2D eigenvalue weighted by atomic mass is 9.94. The van der Waals surface area contributed by atoms with Crippen LogP contribution in [0.5, 0.6) is 5.75 Å². The second kappa shape index (κ2) is 9.25. The number of hydrogen-bond donors (Lipinski definition) is 1. The number of aryl methyl sites for hydroxylation is 1. The van der Waals surface area contributed by atoms with Gasteiger partial charge in [-0.3, -0.25) is 14.6 Å². The first-order valence-electron chi connectivity index (χ1n) is 10.1. The van der Waals surface area contributed by atoms with Crippen LogP contribution in [-0.2, 0) is 16.1 Å². The first-order valence-corrected chi connectivity index (χ1v) is 10.8. The normalized spacial score (nSPS) is 17.5. The van der Waals surface area contributed by atoms with Gasteiger partial charge in [-0.05, 0) is 36.2 Å². The summed E-state index contributed by atoms with van der Waals surface area (Å²) in [6, 6.07) is 13.1. The van der Waals surface area contributed by atoms with Crippen molar-refractivity contribution >= 4 is 40.7 Å². The Hall–Kier alpha value is -3.35. The predicted molar refractivity (Wildman–Crippen MR) is 126 cm³/mol. The van der Waals surface area contributed by atoms with E-state index < -0.39 is 23.5 Å². The molecule has 0 saturated carbocycles. The molecular formula is C25H20Cl2N2O4. The van der Waals surface area contributed by atoms with Gasteiger partial charge in [0.25, 0.3) is 11.7 Å². The Bertz CT molecular complexity index is 1270. The molecule has 1 saturated heterocycles. The van der Waals surface area contributed by atoms with Gasteiger partial charge >= 0.3 is 0 Å². The standard InChI is InChI=1S/C25H20Cl2N2O4/c1-14-5-3-7-16(9-14)21-20(22(30)18-10-17(26)11-19(27)24(18)33-2)23(31)25(32)29(21)13-15-6-4-8-28-12-15/h3-12,21,30H,13H2,1-2H3/b22-20+. The minimum absolute atomic E-state index is 0.0638. The van der Waals surface area contributed by atoms with Gasteiger partial charge in [-0.15, -0.1) is 0 Å². The predicted octanol–water partition coefficient (Wildman–Crippen LogP) is 5.33. The van der Waals surface area contributed by atoms with E-state index in [1.807, 2.05) is 37.3 Å². The molecule has 3 aromatic rings. The van der Waals surface area contributed by atoms with Gasteiger partial charge in [0.15, 0.2) is 0 Å².